The molecule has 0 saturated carbocycles. The molecule has 0 atom stereocenters. The number of aromatic nitrogens is 1. The van der Waals surface area contributed by atoms with Crippen LogP contribution in [-0.4, -0.2) is 35.7 Å². The third-order valence-electron chi connectivity index (χ3n) is 5.85. The van der Waals surface area contributed by atoms with Gasteiger partial charge in [-0.1, -0.05) is 0 Å². The molecule has 36 heavy (non-hydrogen) atoms. The predicted octanol–water partition coefficient (Wildman–Crippen LogP) is 4.03. The number of carboxylic acid groups (broad SMARTS) is 1. The first-order valence-electron chi connectivity index (χ1n) is 10.9. The van der Waals surface area contributed by atoms with Crippen LogP contribution in [-0.2, 0) is 11.8 Å². The Hall–Kier alpha value is -4.73. The van der Waals surface area contributed by atoms with Crippen molar-refractivity contribution in [1.82, 2.24) is 0 Å². The van der Waals surface area contributed by atoms with Gasteiger partial charge in [-0.05, 0) is 49.2 Å². The van der Waals surface area contributed by atoms with E-state index in [-0.39, 0.29) is 22.7 Å². The number of carbonyl (C=O) groups excluding carboxylic acids is 1. The Morgan fingerprint density at radius 1 is 0.972 bits per heavy atom. The monoisotopic (exact) mass is 491 g/mol. The van der Waals surface area contributed by atoms with Crippen molar-refractivity contribution < 1.29 is 38.4 Å². The van der Waals surface area contributed by atoms with Crippen molar-refractivity contribution in [3.05, 3.63) is 75.3 Å². The highest BCUT2D eigenvalue weighted by atomic mass is 16.6. The number of rotatable bonds is 7. The van der Waals surface area contributed by atoms with Crippen molar-refractivity contribution in [1.29, 1.82) is 0 Å². The topological polar surface area (TPSA) is 129 Å². The fourth-order valence-electron chi connectivity index (χ4n) is 4.21. The van der Waals surface area contributed by atoms with Gasteiger partial charge >= 0.3 is 11.9 Å². The lowest BCUT2D eigenvalue weighted by atomic mass is 10.0. The van der Waals surface area contributed by atoms with Gasteiger partial charge in [-0.15, -0.1) is 0 Å². The summed E-state index contributed by atoms with van der Waals surface area (Å²) < 4.78 is 18.4. The van der Waals surface area contributed by atoms with Gasteiger partial charge in [-0.25, -0.2) is 9.59 Å². The molecule has 0 aliphatic heterocycles. The first-order chi connectivity index (χ1) is 17.1. The molecule has 0 aliphatic rings. The molecular weight excluding hydrogens is 468 g/mol. The van der Waals surface area contributed by atoms with Crippen molar-refractivity contribution in [2.45, 2.75) is 13.8 Å². The molecule has 0 fully saturated rings. The Bertz CT molecular complexity index is 1540. The number of nitro benzene ring substituents is 1. The molecule has 0 unspecified atom stereocenters. The highest BCUT2D eigenvalue weighted by Crippen LogP contribution is 2.33. The molecule has 0 spiro atoms. The number of carboxylic acids is 1. The Morgan fingerprint density at radius 3 is 2.06 bits per heavy atom. The molecule has 4 rings (SSSR count). The summed E-state index contributed by atoms with van der Waals surface area (Å²) in [5.41, 5.74) is 2.40. The van der Waals surface area contributed by atoms with Gasteiger partial charge in [0.2, 0.25) is 11.0 Å². The van der Waals surface area contributed by atoms with Gasteiger partial charge in [0.05, 0.1) is 28.4 Å². The zero-order valence-corrected chi connectivity index (χ0v) is 20.0. The predicted molar refractivity (Wildman–Crippen MR) is 130 cm³/mol. The summed E-state index contributed by atoms with van der Waals surface area (Å²) >= 11 is 0. The van der Waals surface area contributed by atoms with Crippen LogP contribution in [0.2, 0.25) is 0 Å². The second-order valence-corrected chi connectivity index (χ2v) is 8.23. The molecule has 0 amide bonds. The maximum atomic E-state index is 13.7. The second kappa shape index (κ2) is 9.49. The fraction of sp³-hybridized carbons (Fsp3) is 0.192. The van der Waals surface area contributed by atoms with Crippen LogP contribution in [0.15, 0.2) is 48.5 Å². The zero-order chi connectivity index (χ0) is 26.1. The lowest BCUT2D eigenvalue weighted by Gasteiger charge is -2.14. The maximum Gasteiger partial charge on any atom is 0.345 e. The molecule has 3 aromatic carbocycles. The number of nitrogens with zero attached hydrogens (tertiary/aromatic N) is 2. The van der Waals surface area contributed by atoms with Crippen LogP contribution in [0.1, 0.15) is 21.5 Å². The molecule has 1 heterocycles. The molecular formula is C26H23N2O8+. The summed E-state index contributed by atoms with van der Waals surface area (Å²) in [4.78, 5) is 35.4. The SMILES string of the molecule is COc1ccc2c(c1)c(C(=O)Oc1c(C)cc([N+](=O)[O-])cc1C)c1cc(OCC(=O)O)ccc1[n+]2C. The normalized spacial score (nSPS) is 10.9. The summed E-state index contributed by atoms with van der Waals surface area (Å²) in [6.45, 7) is 2.72. The fourth-order valence-corrected chi connectivity index (χ4v) is 4.21. The van der Waals surface area contributed by atoms with Crippen LogP contribution in [0.3, 0.4) is 0 Å². The number of benzene rings is 3. The summed E-state index contributed by atoms with van der Waals surface area (Å²) in [5, 5.41) is 21.2. The van der Waals surface area contributed by atoms with E-state index in [4.69, 9.17) is 19.3 Å². The zero-order valence-electron chi connectivity index (χ0n) is 20.0. The minimum atomic E-state index is -1.13. The van der Waals surface area contributed by atoms with Crippen LogP contribution in [0.5, 0.6) is 17.2 Å². The maximum absolute atomic E-state index is 13.7. The van der Waals surface area contributed by atoms with E-state index in [9.17, 15) is 19.7 Å². The average Bonchev–Trinajstić information content (AvgIpc) is 2.84. The molecule has 1 N–H and O–H groups in total. The standard InChI is InChI=1S/C26H22N2O8/c1-14-9-16(28(32)33)10-15(2)25(14)36-26(31)24-19-11-17(34-4)5-7-21(19)27(3)22-8-6-18(12-20(22)24)35-13-23(29)30/h5-12H,13H2,1-4H3/p+1. The van der Waals surface area contributed by atoms with Crippen molar-refractivity contribution in [2.24, 2.45) is 7.05 Å². The molecule has 4 aromatic rings. The van der Waals surface area contributed by atoms with Gasteiger partial charge in [-0.3, -0.25) is 10.1 Å². The summed E-state index contributed by atoms with van der Waals surface area (Å²) in [6, 6.07) is 12.9. The third-order valence-corrected chi connectivity index (χ3v) is 5.85. The van der Waals surface area contributed by atoms with Crippen LogP contribution in [0.25, 0.3) is 21.8 Å². The van der Waals surface area contributed by atoms with E-state index in [2.05, 4.69) is 0 Å². The van der Waals surface area contributed by atoms with E-state index in [1.54, 1.807) is 44.2 Å². The Kier molecular flexibility index (Phi) is 6.43. The largest absolute Gasteiger partial charge is 0.497 e. The number of non-ortho nitro benzene ring substituents is 1. The number of carbonyl (C=O) groups is 2. The second-order valence-electron chi connectivity index (χ2n) is 8.23. The molecule has 0 bridgehead atoms. The van der Waals surface area contributed by atoms with E-state index >= 15 is 0 Å². The number of aryl methyl sites for hydroxylation is 3. The van der Waals surface area contributed by atoms with Gasteiger partial charge in [0.25, 0.3) is 5.69 Å². The molecule has 184 valence electrons. The molecule has 1 aromatic heterocycles. The minimum absolute atomic E-state index is 0.0996. The summed E-state index contributed by atoms with van der Waals surface area (Å²) in [7, 11) is 3.36. The lowest BCUT2D eigenvalue weighted by molar-refractivity contribution is -0.617. The number of fused-ring (bicyclic) bond motifs is 2. The minimum Gasteiger partial charge on any atom is -0.497 e. The first-order valence-corrected chi connectivity index (χ1v) is 10.9. The number of ether oxygens (including phenoxy) is 3. The van der Waals surface area contributed by atoms with E-state index in [0.717, 1.165) is 5.52 Å². The van der Waals surface area contributed by atoms with Gasteiger partial charge in [0, 0.05) is 24.3 Å². The van der Waals surface area contributed by atoms with E-state index in [1.165, 1.54) is 19.2 Å². The first kappa shape index (κ1) is 24.4. The van der Waals surface area contributed by atoms with Crippen LogP contribution in [0, 0.1) is 24.0 Å². The Balaban J connectivity index is 1.94. The lowest BCUT2D eigenvalue weighted by Crippen LogP contribution is -2.31. The molecule has 10 nitrogen and oxygen atoms in total. The summed E-state index contributed by atoms with van der Waals surface area (Å²) in [6.07, 6.45) is 0. The highest BCUT2D eigenvalue weighted by molar-refractivity contribution is 6.14. The summed E-state index contributed by atoms with van der Waals surface area (Å²) in [5.74, 6) is -0.802. The molecule has 0 saturated heterocycles. The Labute approximate surface area is 205 Å². The van der Waals surface area contributed by atoms with Crippen molar-refractivity contribution in [2.75, 3.05) is 13.7 Å². The van der Waals surface area contributed by atoms with E-state index in [1.807, 2.05) is 17.7 Å². The average molecular weight is 491 g/mol. The number of methoxy groups -OCH3 is 1. The molecule has 10 heteroatoms. The van der Waals surface area contributed by atoms with Crippen LogP contribution < -0.4 is 18.8 Å². The van der Waals surface area contributed by atoms with Crippen molar-refractivity contribution >= 4 is 39.4 Å². The van der Waals surface area contributed by atoms with Gasteiger partial charge in [0.15, 0.2) is 6.61 Å². The van der Waals surface area contributed by atoms with E-state index in [0.29, 0.717) is 33.2 Å². The van der Waals surface area contributed by atoms with Crippen LogP contribution in [0.4, 0.5) is 5.69 Å². The van der Waals surface area contributed by atoms with E-state index < -0.39 is 23.5 Å². The van der Waals surface area contributed by atoms with Crippen molar-refractivity contribution in [3.63, 3.8) is 0 Å². The number of hydrogen-bond acceptors (Lipinski definition) is 7. The number of nitro groups is 1. The molecule has 0 radical (unpaired) electrons. The van der Waals surface area contributed by atoms with Gasteiger partial charge < -0.3 is 19.3 Å². The quantitative estimate of drug-likeness (QED) is 0.102. The number of esters is 1. The van der Waals surface area contributed by atoms with Gasteiger partial charge in [0.1, 0.15) is 24.3 Å². The van der Waals surface area contributed by atoms with Crippen LogP contribution >= 0.6 is 0 Å². The number of pyridine rings is 1. The Morgan fingerprint density at radius 2 is 1.53 bits per heavy atom. The highest BCUT2D eigenvalue weighted by Gasteiger charge is 2.26. The van der Waals surface area contributed by atoms with Gasteiger partial charge in [-0.2, -0.15) is 4.57 Å². The molecule has 0 aliphatic carbocycles. The number of aliphatic carboxylic acids is 1. The smallest absolute Gasteiger partial charge is 0.345 e. The van der Waals surface area contributed by atoms with Crippen molar-refractivity contribution in [3.8, 4) is 17.2 Å². The number of hydrogen-bond donors (Lipinski definition) is 1. The third kappa shape index (κ3) is 4.48.